The molecule has 0 radical (unpaired) electrons. The Morgan fingerprint density at radius 1 is 1.29 bits per heavy atom. The molecule has 0 unspecified atom stereocenters. The second kappa shape index (κ2) is 6.62. The molecule has 7 heteroatoms. The third-order valence-corrected chi connectivity index (χ3v) is 5.63. The van der Waals surface area contributed by atoms with Crippen LogP contribution in [0, 0.1) is 12.1 Å². The van der Waals surface area contributed by atoms with Gasteiger partial charge in [-0.15, -0.1) is 11.3 Å². The van der Waals surface area contributed by atoms with Gasteiger partial charge in [-0.05, 0) is 48.7 Å². The Morgan fingerprint density at radius 2 is 2.00 bits per heavy atom. The highest BCUT2D eigenvalue weighted by atomic mass is 32.1. The standard InChI is InChI=1S/C17H17N2O4S/c1-10-13-9-19(8-7-14(13)24-15(10)16(20)18-22)17(21)11-3-5-12(23-2)6-4-11/h3-6H,7-9H2,1-2H3,(H-,18,20,22)/q-1. The monoisotopic (exact) mass is 345 g/mol. The lowest BCUT2D eigenvalue weighted by molar-refractivity contribution is 0.0735. The van der Waals surface area contributed by atoms with Gasteiger partial charge in [-0.3, -0.25) is 9.59 Å². The molecule has 0 fully saturated rings. The summed E-state index contributed by atoms with van der Waals surface area (Å²) in [5.41, 5.74) is 3.80. The van der Waals surface area contributed by atoms with E-state index in [0.29, 0.717) is 35.7 Å². The molecule has 2 aromatic rings. The molecule has 1 aliphatic heterocycles. The molecule has 126 valence electrons. The molecule has 2 amide bonds. The summed E-state index contributed by atoms with van der Waals surface area (Å²) in [5.74, 6) is 0.0399. The van der Waals surface area contributed by atoms with E-state index in [1.54, 1.807) is 36.3 Å². The molecule has 0 saturated carbocycles. The minimum Gasteiger partial charge on any atom is -0.759 e. The van der Waals surface area contributed by atoms with Crippen LogP contribution in [-0.4, -0.2) is 30.4 Å². The number of amides is 2. The molecule has 0 atom stereocenters. The van der Waals surface area contributed by atoms with Gasteiger partial charge in [-0.1, -0.05) is 0 Å². The maximum atomic E-state index is 12.7. The molecular formula is C17H17N2O4S-. The van der Waals surface area contributed by atoms with E-state index in [2.05, 4.69) is 0 Å². The van der Waals surface area contributed by atoms with Gasteiger partial charge < -0.3 is 20.3 Å². The van der Waals surface area contributed by atoms with Crippen LogP contribution in [0.2, 0.25) is 0 Å². The van der Waals surface area contributed by atoms with Gasteiger partial charge in [-0.25, -0.2) is 0 Å². The Kier molecular flexibility index (Phi) is 4.55. The maximum Gasteiger partial charge on any atom is 0.254 e. The lowest BCUT2D eigenvalue weighted by Crippen LogP contribution is -2.35. The minimum absolute atomic E-state index is 0.0521. The van der Waals surface area contributed by atoms with Crippen LogP contribution in [0.3, 0.4) is 0 Å². The van der Waals surface area contributed by atoms with Gasteiger partial charge in [0.05, 0.1) is 12.0 Å². The van der Waals surface area contributed by atoms with Crippen LogP contribution in [0.1, 0.15) is 36.0 Å². The number of benzene rings is 1. The average molecular weight is 345 g/mol. The van der Waals surface area contributed by atoms with Gasteiger partial charge in [0, 0.05) is 23.5 Å². The van der Waals surface area contributed by atoms with E-state index in [4.69, 9.17) is 4.74 Å². The summed E-state index contributed by atoms with van der Waals surface area (Å²) in [5, 5.41) is 10.6. The fourth-order valence-corrected chi connectivity index (χ4v) is 4.07. The first-order valence-electron chi connectivity index (χ1n) is 7.52. The Hall–Kier alpha value is -2.38. The third-order valence-electron chi connectivity index (χ3n) is 4.24. The topological polar surface area (TPSA) is 81.7 Å². The second-order valence-corrected chi connectivity index (χ2v) is 6.70. The summed E-state index contributed by atoms with van der Waals surface area (Å²) in [6.45, 7) is 2.87. The number of methoxy groups -OCH3 is 1. The number of carbonyl (C=O) groups is 2. The molecule has 3 rings (SSSR count). The molecule has 0 aliphatic carbocycles. The zero-order valence-corrected chi connectivity index (χ0v) is 14.2. The van der Waals surface area contributed by atoms with Crippen LogP contribution in [0.5, 0.6) is 5.75 Å². The molecule has 6 nitrogen and oxygen atoms in total. The van der Waals surface area contributed by atoms with Crippen LogP contribution >= 0.6 is 11.3 Å². The Morgan fingerprint density at radius 3 is 2.62 bits per heavy atom. The van der Waals surface area contributed by atoms with Crippen LogP contribution in [0.4, 0.5) is 0 Å². The zero-order chi connectivity index (χ0) is 17.3. The van der Waals surface area contributed by atoms with Crippen molar-refractivity contribution in [1.29, 1.82) is 0 Å². The summed E-state index contributed by atoms with van der Waals surface area (Å²) in [4.78, 5) is 27.6. The number of nitrogens with one attached hydrogen (secondary N) is 1. The van der Waals surface area contributed by atoms with Crippen LogP contribution in [-0.2, 0) is 13.0 Å². The quantitative estimate of drug-likeness (QED) is 0.867. The number of rotatable bonds is 3. The van der Waals surface area contributed by atoms with E-state index in [0.717, 1.165) is 16.0 Å². The number of hydrogen-bond acceptors (Lipinski definition) is 5. The fourth-order valence-electron chi connectivity index (χ4n) is 2.88. The first-order valence-corrected chi connectivity index (χ1v) is 8.33. The van der Waals surface area contributed by atoms with Crippen molar-refractivity contribution in [2.45, 2.75) is 19.9 Å². The molecule has 2 heterocycles. The predicted octanol–water partition coefficient (Wildman–Crippen LogP) is 2.49. The summed E-state index contributed by atoms with van der Waals surface area (Å²) >= 11 is 1.34. The molecule has 0 saturated heterocycles. The van der Waals surface area contributed by atoms with E-state index >= 15 is 0 Å². The summed E-state index contributed by atoms with van der Waals surface area (Å²) in [6.07, 6.45) is 0.689. The highest BCUT2D eigenvalue weighted by Gasteiger charge is 2.27. The van der Waals surface area contributed by atoms with Gasteiger partial charge in [-0.2, -0.15) is 0 Å². The third kappa shape index (κ3) is 2.88. The molecule has 1 aliphatic rings. The SMILES string of the molecule is COc1ccc(C(=O)N2CCc3sc(C(=O)N[O-])c(C)c3C2)cc1. The Balaban J connectivity index is 1.82. The van der Waals surface area contributed by atoms with Gasteiger partial charge in [0.15, 0.2) is 0 Å². The van der Waals surface area contributed by atoms with Crippen LogP contribution in [0.15, 0.2) is 24.3 Å². The largest absolute Gasteiger partial charge is 0.759 e. The second-order valence-electron chi connectivity index (χ2n) is 5.59. The Labute approximate surface area is 143 Å². The van der Waals surface area contributed by atoms with Gasteiger partial charge in [0.1, 0.15) is 5.75 Å². The normalized spacial score (nSPS) is 13.4. The number of hydroxylamine groups is 1. The number of carbonyl (C=O) groups excluding carboxylic acids is 2. The van der Waals surface area contributed by atoms with E-state index < -0.39 is 5.91 Å². The number of hydrogen-bond donors (Lipinski definition) is 1. The molecule has 0 spiro atoms. The van der Waals surface area contributed by atoms with Crippen molar-refractivity contribution < 1.29 is 14.3 Å². The van der Waals surface area contributed by atoms with Crippen molar-refractivity contribution in [1.82, 2.24) is 10.4 Å². The zero-order valence-electron chi connectivity index (χ0n) is 13.4. The number of thiophene rings is 1. The van der Waals surface area contributed by atoms with Crippen LogP contribution < -0.4 is 10.2 Å². The first kappa shape index (κ1) is 16.5. The van der Waals surface area contributed by atoms with E-state index in [9.17, 15) is 14.8 Å². The Bertz CT molecular complexity index is 783. The van der Waals surface area contributed by atoms with E-state index in [1.165, 1.54) is 16.8 Å². The minimum atomic E-state index is -0.611. The highest BCUT2D eigenvalue weighted by Crippen LogP contribution is 2.33. The maximum absolute atomic E-state index is 12.7. The predicted molar refractivity (Wildman–Crippen MR) is 91.3 cm³/mol. The van der Waals surface area contributed by atoms with Crippen molar-refractivity contribution >= 4 is 23.2 Å². The fraction of sp³-hybridized carbons (Fsp3) is 0.294. The van der Waals surface area contributed by atoms with Gasteiger partial charge in [0.25, 0.3) is 11.8 Å². The number of fused-ring (bicyclic) bond motifs is 1. The number of ether oxygens (including phenoxy) is 1. The van der Waals surface area contributed by atoms with E-state index in [-0.39, 0.29) is 5.91 Å². The highest BCUT2D eigenvalue weighted by molar-refractivity contribution is 7.14. The lowest BCUT2D eigenvalue weighted by atomic mass is 10.0. The van der Waals surface area contributed by atoms with Crippen molar-refractivity contribution in [2.75, 3.05) is 13.7 Å². The molecule has 1 N–H and O–H groups in total. The summed E-state index contributed by atoms with van der Waals surface area (Å²) in [7, 11) is 1.58. The molecule has 24 heavy (non-hydrogen) atoms. The van der Waals surface area contributed by atoms with Crippen molar-refractivity contribution in [3.63, 3.8) is 0 Å². The van der Waals surface area contributed by atoms with Crippen molar-refractivity contribution in [3.05, 3.63) is 55.9 Å². The first-order chi connectivity index (χ1) is 11.5. The van der Waals surface area contributed by atoms with Gasteiger partial charge in [0.2, 0.25) is 0 Å². The molecule has 1 aromatic heterocycles. The molecule has 1 aromatic carbocycles. The van der Waals surface area contributed by atoms with Crippen LogP contribution in [0.25, 0.3) is 0 Å². The molecular weight excluding hydrogens is 328 g/mol. The van der Waals surface area contributed by atoms with E-state index in [1.807, 2.05) is 6.92 Å². The lowest BCUT2D eigenvalue weighted by Gasteiger charge is -2.27. The average Bonchev–Trinajstić information content (AvgIpc) is 2.96. The van der Waals surface area contributed by atoms with Gasteiger partial charge >= 0.3 is 0 Å². The van der Waals surface area contributed by atoms with Crippen molar-refractivity contribution in [2.24, 2.45) is 0 Å². The smallest absolute Gasteiger partial charge is 0.254 e. The summed E-state index contributed by atoms with van der Waals surface area (Å²) < 4.78 is 5.11. The number of nitrogens with zero attached hydrogens (tertiary/aromatic N) is 1. The molecule has 0 bridgehead atoms. The summed E-state index contributed by atoms with van der Waals surface area (Å²) in [6, 6.07) is 7.01. The van der Waals surface area contributed by atoms with Crippen molar-refractivity contribution in [3.8, 4) is 5.75 Å².